The van der Waals surface area contributed by atoms with Crippen molar-refractivity contribution in [3.63, 3.8) is 0 Å². The summed E-state index contributed by atoms with van der Waals surface area (Å²) in [6, 6.07) is 0. The normalized spacial score (nSPS) is 13.7. The van der Waals surface area contributed by atoms with Crippen LogP contribution in [0.25, 0.3) is 0 Å². The molecule has 0 rings (SSSR count). The van der Waals surface area contributed by atoms with Gasteiger partial charge in [-0.05, 0) is 83.5 Å². The number of ether oxygens (including phenoxy) is 2. The molecular formula is C72H131NO8P+. The van der Waals surface area contributed by atoms with Crippen LogP contribution in [0.4, 0.5) is 0 Å². The van der Waals surface area contributed by atoms with Crippen molar-refractivity contribution in [3.05, 3.63) is 85.1 Å². The highest BCUT2D eigenvalue weighted by molar-refractivity contribution is 7.47. The van der Waals surface area contributed by atoms with Crippen LogP contribution < -0.4 is 0 Å². The third kappa shape index (κ3) is 66.3. The van der Waals surface area contributed by atoms with E-state index in [2.05, 4.69) is 98.9 Å². The van der Waals surface area contributed by atoms with Gasteiger partial charge in [0.25, 0.3) is 0 Å². The minimum absolute atomic E-state index is 0.0293. The van der Waals surface area contributed by atoms with E-state index in [1.807, 2.05) is 21.1 Å². The lowest BCUT2D eigenvalue weighted by Crippen LogP contribution is -2.37. The fourth-order valence-electron chi connectivity index (χ4n) is 9.73. The van der Waals surface area contributed by atoms with E-state index < -0.39 is 26.5 Å². The van der Waals surface area contributed by atoms with Crippen molar-refractivity contribution >= 4 is 19.8 Å². The predicted molar refractivity (Wildman–Crippen MR) is 353 cm³/mol. The summed E-state index contributed by atoms with van der Waals surface area (Å²) in [7, 11) is 1.48. The highest BCUT2D eigenvalue weighted by atomic mass is 31.2. The van der Waals surface area contributed by atoms with Gasteiger partial charge in [-0.1, -0.05) is 298 Å². The summed E-state index contributed by atoms with van der Waals surface area (Å²) in [5.74, 6) is -0.799. The zero-order valence-electron chi connectivity index (χ0n) is 54.2. The van der Waals surface area contributed by atoms with Gasteiger partial charge >= 0.3 is 19.8 Å². The van der Waals surface area contributed by atoms with Gasteiger partial charge in [-0.3, -0.25) is 18.6 Å². The average molecular weight is 1170 g/mol. The van der Waals surface area contributed by atoms with Gasteiger partial charge in [0, 0.05) is 12.8 Å². The fraction of sp³-hybridized carbons (Fsp3) is 0.778. The van der Waals surface area contributed by atoms with Crippen molar-refractivity contribution in [1.82, 2.24) is 0 Å². The summed E-state index contributed by atoms with van der Waals surface area (Å²) < 4.78 is 34.6. The van der Waals surface area contributed by atoms with Crippen LogP contribution in [0.5, 0.6) is 0 Å². The molecular weight excluding hydrogens is 1040 g/mol. The summed E-state index contributed by atoms with van der Waals surface area (Å²) in [6.07, 6.45) is 85.7. The van der Waals surface area contributed by atoms with E-state index in [9.17, 15) is 19.0 Å². The Bertz CT molecular complexity index is 1660. The van der Waals surface area contributed by atoms with Crippen molar-refractivity contribution in [2.45, 2.75) is 315 Å². The van der Waals surface area contributed by atoms with E-state index in [-0.39, 0.29) is 32.0 Å². The molecule has 0 spiro atoms. The van der Waals surface area contributed by atoms with Gasteiger partial charge in [0.15, 0.2) is 6.10 Å². The van der Waals surface area contributed by atoms with E-state index >= 15 is 0 Å². The lowest BCUT2D eigenvalue weighted by Gasteiger charge is -2.24. The Morgan fingerprint density at radius 3 is 0.976 bits per heavy atom. The molecule has 0 aromatic rings. The molecule has 0 aliphatic heterocycles. The van der Waals surface area contributed by atoms with Gasteiger partial charge in [-0.15, -0.1) is 0 Å². The number of phosphoric ester groups is 1. The molecule has 2 unspecified atom stereocenters. The molecule has 9 nitrogen and oxygen atoms in total. The van der Waals surface area contributed by atoms with E-state index in [1.165, 1.54) is 186 Å². The molecule has 10 heteroatoms. The lowest BCUT2D eigenvalue weighted by atomic mass is 10.0. The third-order valence-electron chi connectivity index (χ3n) is 14.9. The highest BCUT2D eigenvalue weighted by Crippen LogP contribution is 2.43. The molecule has 0 aliphatic carbocycles. The first-order chi connectivity index (χ1) is 40.0. The van der Waals surface area contributed by atoms with Crippen molar-refractivity contribution in [2.24, 2.45) is 0 Å². The number of nitrogens with zero attached hydrogens (tertiary/aromatic N) is 1. The van der Waals surface area contributed by atoms with Crippen molar-refractivity contribution < 1.29 is 42.1 Å². The fourth-order valence-corrected chi connectivity index (χ4v) is 10.5. The number of likely N-dealkylation sites (N-methyl/N-ethyl adjacent to an activating group) is 1. The van der Waals surface area contributed by atoms with Crippen LogP contribution in [0.15, 0.2) is 85.1 Å². The number of allylic oxidation sites excluding steroid dienone is 14. The number of carbonyl (C=O) groups is 2. The quantitative estimate of drug-likeness (QED) is 0.0211. The van der Waals surface area contributed by atoms with Crippen LogP contribution in [-0.4, -0.2) is 74.9 Å². The Morgan fingerprint density at radius 1 is 0.378 bits per heavy atom. The van der Waals surface area contributed by atoms with Crippen LogP contribution >= 0.6 is 7.82 Å². The Labute approximate surface area is 507 Å². The standard InChI is InChI=1S/C72H130NO8P/c1-6-8-10-12-14-16-18-20-22-24-25-26-27-28-29-30-31-32-33-34-35-36-37-38-39-40-41-42-43-44-45-46-47-49-51-53-55-57-59-61-63-65-72(75)81-70(69-80-82(76,77)79-67-66-73(3,4)5)68-78-71(74)64-62-60-58-56-54-52-50-48-23-21-19-17-15-13-11-9-7-2/h8-11,14-17,20-23,25-26,70H,6-7,12-13,18-19,24,27-69H2,1-5H3/p+1/b10-8-,11-9-,16-14-,17-15-,22-20-,23-21-,26-25-. The van der Waals surface area contributed by atoms with Crippen LogP contribution in [0.2, 0.25) is 0 Å². The zero-order valence-corrected chi connectivity index (χ0v) is 55.1. The maximum atomic E-state index is 12.9. The number of quaternary nitrogens is 1. The molecule has 0 aromatic heterocycles. The van der Waals surface area contributed by atoms with E-state index in [0.29, 0.717) is 17.4 Å². The highest BCUT2D eigenvalue weighted by Gasteiger charge is 2.27. The molecule has 1 N–H and O–H groups in total. The maximum Gasteiger partial charge on any atom is 0.472 e. The Morgan fingerprint density at radius 2 is 0.659 bits per heavy atom. The van der Waals surface area contributed by atoms with Crippen LogP contribution in [-0.2, 0) is 32.7 Å². The third-order valence-corrected chi connectivity index (χ3v) is 15.9. The average Bonchev–Trinajstić information content (AvgIpc) is 3.45. The number of hydrogen-bond acceptors (Lipinski definition) is 7. The van der Waals surface area contributed by atoms with E-state index in [0.717, 1.165) is 89.9 Å². The molecule has 0 saturated carbocycles. The molecule has 2 atom stereocenters. The topological polar surface area (TPSA) is 108 Å². The predicted octanol–water partition coefficient (Wildman–Crippen LogP) is 22.2. The summed E-state index contributed by atoms with van der Waals surface area (Å²) in [6.45, 7) is 4.23. The van der Waals surface area contributed by atoms with Crippen molar-refractivity contribution in [1.29, 1.82) is 0 Å². The molecule has 0 heterocycles. The summed E-state index contributed by atoms with van der Waals surface area (Å²) in [5.41, 5.74) is 0. The van der Waals surface area contributed by atoms with Gasteiger partial charge < -0.3 is 18.9 Å². The molecule has 0 aromatic carbocycles. The second-order valence-electron chi connectivity index (χ2n) is 24.2. The first kappa shape index (κ1) is 79.2. The summed E-state index contributed by atoms with van der Waals surface area (Å²) in [4.78, 5) is 35.8. The molecule has 0 amide bonds. The summed E-state index contributed by atoms with van der Waals surface area (Å²) >= 11 is 0. The van der Waals surface area contributed by atoms with E-state index in [1.54, 1.807) is 0 Å². The Balaban J connectivity index is 3.89. The number of hydrogen-bond donors (Lipinski definition) is 1. The van der Waals surface area contributed by atoms with Gasteiger partial charge in [0.05, 0.1) is 27.7 Å². The van der Waals surface area contributed by atoms with Crippen LogP contribution in [0, 0.1) is 0 Å². The first-order valence-electron chi connectivity index (χ1n) is 34.3. The van der Waals surface area contributed by atoms with Crippen molar-refractivity contribution in [3.8, 4) is 0 Å². The number of carbonyl (C=O) groups excluding carboxylic acids is 2. The molecule has 0 bridgehead atoms. The minimum atomic E-state index is -4.39. The Hall–Kier alpha value is -2.81. The minimum Gasteiger partial charge on any atom is -0.462 e. The first-order valence-corrected chi connectivity index (χ1v) is 35.8. The second-order valence-corrected chi connectivity index (χ2v) is 25.6. The Kier molecular flexibility index (Phi) is 60.6. The van der Waals surface area contributed by atoms with Gasteiger partial charge in [-0.2, -0.15) is 0 Å². The van der Waals surface area contributed by atoms with Gasteiger partial charge in [-0.25, -0.2) is 4.57 Å². The molecule has 476 valence electrons. The molecule has 0 saturated heterocycles. The molecule has 0 fully saturated rings. The zero-order chi connectivity index (χ0) is 59.8. The van der Waals surface area contributed by atoms with Crippen LogP contribution in [0.1, 0.15) is 309 Å². The number of esters is 2. The molecule has 0 radical (unpaired) electrons. The SMILES string of the molecule is CC/C=C\C/C=C\C/C=C\C/C=C\CCCCCCCCCCCCCCCCCCCCCCCCCCCCCCC(=O)OC(COC(=O)CCCCCCCCC/C=C\C/C=C\C/C=C\CC)COP(=O)(O)OCC[N+](C)(C)C. The number of unbranched alkanes of at least 4 members (excludes halogenated alkanes) is 35. The van der Waals surface area contributed by atoms with E-state index in [4.69, 9.17) is 18.5 Å². The van der Waals surface area contributed by atoms with Gasteiger partial charge in [0.2, 0.25) is 0 Å². The number of rotatable bonds is 63. The second kappa shape index (κ2) is 62.7. The maximum absolute atomic E-state index is 12.9. The monoisotopic (exact) mass is 1170 g/mol. The summed E-state index contributed by atoms with van der Waals surface area (Å²) in [5, 5.41) is 0. The van der Waals surface area contributed by atoms with Crippen molar-refractivity contribution in [2.75, 3.05) is 47.5 Å². The molecule has 0 aliphatic rings. The largest absolute Gasteiger partial charge is 0.472 e. The lowest BCUT2D eigenvalue weighted by molar-refractivity contribution is -0.870. The molecule has 82 heavy (non-hydrogen) atoms. The smallest absolute Gasteiger partial charge is 0.462 e. The number of phosphoric acid groups is 1. The van der Waals surface area contributed by atoms with Gasteiger partial charge in [0.1, 0.15) is 19.8 Å². The van der Waals surface area contributed by atoms with Crippen LogP contribution in [0.3, 0.4) is 0 Å².